The number of rotatable bonds is 5. The Labute approximate surface area is 93.7 Å². The van der Waals surface area contributed by atoms with Crippen molar-refractivity contribution in [2.24, 2.45) is 5.73 Å². The smallest absolute Gasteiger partial charge is 0.0588 e. The molecule has 0 atom stereocenters. The first-order valence-electron chi connectivity index (χ1n) is 5.15. The van der Waals surface area contributed by atoms with Crippen LogP contribution in [0.25, 0.3) is 10.1 Å². The highest BCUT2D eigenvalue weighted by molar-refractivity contribution is 7.17. The second kappa shape index (κ2) is 5.26. The summed E-state index contributed by atoms with van der Waals surface area (Å²) in [4.78, 5) is 0. The molecule has 2 N–H and O–H groups in total. The molecule has 2 nitrogen and oxygen atoms in total. The van der Waals surface area contributed by atoms with Gasteiger partial charge in [-0.2, -0.15) is 0 Å². The molecule has 1 heterocycles. The summed E-state index contributed by atoms with van der Waals surface area (Å²) in [5.74, 6) is 0. The second-order valence-electron chi connectivity index (χ2n) is 3.41. The van der Waals surface area contributed by atoms with Gasteiger partial charge in [-0.25, -0.2) is 0 Å². The average Bonchev–Trinajstić information content (AvgIpc) is 2.68. The van der Waals surface area contributed by atoms with Crippen molar-refractivity contribution in [2.75, 3.05) is 19.8 Å². The number of fused-ring (bicyclic) bond motifs is 1. The van der Waals surface area contributed by atoms with E-state index in [9.17, 15) is 0 Å². The maximum atomic E-state index is 5.38. The lowest BCUT2D eigenvalue weighted by Crippen LogP contribution is -2.09. The molecule has 15 heavy (non-hydrogen) atoms. The molecule has 0 saturated heterocycles. The lowest BCUT2D eigenvalue weighted by molar-refractivity contribution is 0.145. The fourth-order valence-corrected chi connectivity index (χ4v) is 2.59. The van der Waals surface area contributed by atoms with Crippen molar-refractivity contribution in [3.05, 3.63) is 35.2 Å². The second-order valence-corrected chi connectivity index (χ2v) is 4.32. The van der Waals surface area contributed by atoms with E-state index in [2.05, 4.69) is 29.6 Å². The molecule has 1 aromatic carbocycles. The van der Waals surface area contributed by atoms with E-state index in [1.54, 1.807) is 11.3 Å². The van der Waals surface area contributed by atoms with Crippen LogP contribution in [0, 0.1) is 0 Å². The Balaban J connectivity index is 2.02. The van der Waals surface area contributed by atoms with Gasteiger partial charge in [-0.05, 0) is 28.8 Å². The summed E-state index contributed by atoms with van der Waals surface area (Å²) in [7, 11) is 0. The zero-order valence-electron chi connectivity index (χ0n) is 8.61. The molecule has 0 aliphatic carbocycles. The van der Waals surface area contributed by atoms with Gasteiger partial charge in [0.25, 0.3) is 0 Å². The fourth-order valence-electron chi connectivity index (χ4n) is 1.59. The van der Waals surface area contributed by atoms with Gasteiger partial charge in [-0.3, -0.25) is 0 Å². The molecule has 0 bridgehead atoms. The summed E-state index contributed by atoms with van der Waals surface area (Å²) < 4.78 is 6.74. The van der Waals surface area contributed by atoms with E-state index in [0.29, 0.717) is 13.2 Å². The van der Waals surface area contributed by atoms with Gasteiger partial charge in [0.15, 0.2) is 0 Å². The van der Waals surface area contributed by atoms with Crippen molar-refractivity contribution in [3.63, 3.8) is 0 Å². The summed E-state index contributed by atoms with van der Waals surface area (Å²) in [5.41, 5.74) is 6.74. The molecule has 0 aliphatic heterocycles. The van der Waals surface area contributed by atoms with E-state index in [1.165, 1.54) is 15.6 Å². The Morgan fingerprint density at radius 1 is 1.20 bits per heavy atom. The molecule has 0 unspecified atom stereocenters. The highest BCUT2D eigenvalue weighted by atomic mass is 32.1. The summed E-state index contributed by atoms with van der Waals surface area (Å²) in [6.07, 6.45) is 0.976. The lowest BCUT2D eigenvalue weighted by atomic mass is 10.1. The zero-order chi connectivity index (χ0) is 10.5. The van der Waals surface area contributed by atoms with Crippen molar-refractivity contribution in [3.8, 4) is 0 Å². The lowest BCUT2D eigenvalue weighted by Gasteiger charge is -2.01. The Morgan fingerprint density at radius 3 is 2.93 bits per heavy atom. The molecular formula is C12H15NOS. The van der Waals surface area contributed by atoms with E-state index >= 15 is 0 Å². The highest BCUT2D eigenvalue weighted by Crippen LogP contribution is 2.25. The van der Waals surface area contributed by atoms with Crippen LogP contribution in [0.15, 0.2) is 29.6 Å². The van der Waals surface area contributed by atoms with Gasteiger partial charge >= 0.3 is 0 Å². The van der Waals surface area contributed by atoms with Crippen LogP contribution < -0.4 is 5.73 Å². The predicted octanol–water partition coefficient (Wildman–Crippen LogP) is 2.42. The van der Waals surface area contributed by atoms with Gasteiger partial charge in [0.2, 0.25) is 0 Å². The number of hydrogen-bond donors (Lipinski definition) is 1. The van der Waals surface area contributed by atoms with Crippen LogP contribution in [-0.2, 0) is 11.2 Å². The van der Waals surface area contributed by atoms with Crippen molar-refractivity contribution in [1.82, 2.24) is 0 Å². The Hall–Kier alpha value is -0.900. The zero-order valence-corrected chi connectivity index (χ0v) is 9.43. The van der Waals surface area contributed by atoms with E-state index < -0.39 is 0 Å². The number of nitrogens with two attached hydrogens (primary N) is 1. The van der Waals surface area contributed by atoms with Gasteiger partial charge in [0, 0.05) is 11.2 Å². The molecule has 3 heteroatoms. The maximum Gasteiger partial charge on any atom is 0.0588 e. The minimum absolute atomic E-state index is 0.602. The highest BCUT2D eigenvalue weighted by Gasteiger charge is 2.02. The summed E-state index contributed by atoms with van der Waals surface area (Å²) >= 11 is 1.80. The van der Waals surface area contributed by atoms with Crippen LogP contribution in [0.2, 0.25) is 0 Å². The SMILES string of the molecule is NCCOCCc1csc2ccccc12. The van der Waals surface area contributed by atoms with Crippen LogP contribution in [0.4, 0.5) is 0 Å². The summed E-state index contributed by atoms with van der Waals surface area (Å²) in [5, 5.41) is 3.58. The van der Waals surface area contributed by atoms with E-state index in [-0.39, 0.29) is 0 Å². The summed E-state index contributed by atoms with van der Waals surface area (Å²) in [6.45, 7) is 2.02. The van der Waals surface area contributed by atoms with Crippen LogP contribution in [0.5, 0.6) is 0 Å². The Morgan fingerprint density at radius 2 is 2.07 bits per heavy atom. The van der Waals surface area contributed by atoms with Crippen LogP contribution >= 0.6 is 11.3 Å². The molecular weight excluding hydrogens is 206 g/mol. The van der Waals surface area contributed by atoms with Crippen LogP contribution in [-0.4, -0.2) is 19.8 Å². The third-order valence-corrected chi connectivity index (χ3v) is 3.35. The van der Waals surface area contributed by atoms with Crippen LogP contribution in [0.3, 0.4) is 0 Å². The predicted molar refractivity (Wildman–Crippen MR) is 65.4 cm³/mol. The van der Waals surface area contributed by atoms with E-state index in [1.807, 2.05) is 0 Å². The molecule has 0 radical (unpaired) electrons. The molecule has 0 spiro atoms. The van der Waals surface area contributed by atoms with Gasteiger partial charge in [-0.15, -0.1) is 11.3 Å². The molecule has 0 amide bonds. The third-order valence-electron chi connectivity index (χ3n) is 2.34. The number of thiophene rings is 1. The first-order valence-corrected chi connectivity index (χ1v) is 6.02. The molecule has 0 aliphatic rings. The largest absolute Gasteiger partial charge is 0.380 e. The quantitative estimate of drug-likeness (QED) is 0.787. The van der Waals surface area contributed by atoms with Crippen molar-refractivity contribution in [2.45, 2.75) is 6.42 Å². The van der Waals surface area contributed by atoms with Gasteiger partial charge in [-0.1, -0.05) is 18.2 Å². The number of benzene rings is 1. The van der Waals surface area contributed by atoms with Crippen LogP contribution in [0.1, 0.15) is 5.56 Å². The first kappa shape index (κ1) is 10.6. The third kappa shape index (κ3) is 2.56. The first-order chi connectivity index (χ1) is 7.42. The maximum absolute atomic E-state index is 5.38. The number of hydrogen-bond acceptors (Lipinski definition) is 3. The minimum atomic E-state index is 0.602. The van der Waals surface area contributed by atoms with E-state index in [0.717, 1.165) is 13.0 Å². The molecule has 80 valence electrons. The fraction of sp³-hybridized carbons (Fsp3) is 0.333. The molecule has 2 aromatic rings. The minimum Gasteiger partial charge on any atom is -0.380 e. The molecule has 0 saturated carbocycles. The Kier molecular flexibility index (Phi) is 3.72. The monoisotopic (exact) mass is 221 g/mol. The number of ether oxygens (including phenoxy) is 1. The molecule has 1 aromatic heterocycles. The summed E-state index contributed by atoms with van der Waals surface area (Å²) in [6, 6.07) is 8.49. The van der Waals surface area contributed by atoms with E-state index in [4.69, 9.17) is 10.5 Å². The standard InChI is InChI=1S/C12H15NOS/c13-6-8-14-7-5-10-9-15-12-4-2-1-3-11(10)12/h1-4,9H,5-8,13H2. The van der Waals surface area contributed by atoms with Gasteiger partial charge in [0.1, 0.15) is 0 Å². The topological polar surface area (TPSA) is 35.2 Å². The van der Waals surface area contributed by atoms with Crippen molar-refractivity contribution < 1.29 is 4.74 Å². The normalized spacial score (nSPS) is 11.0. The average molecular weight is 221 g/mol. The Bertz CT molecular complexity index is 424. The van der Waals surface area contributed by atoms with Gasteiger partial charge < -0.3 is 10.5 Å². The molecule has 2 rings (SSSR count). The molecule has 0 fully saturated rings. The van der Waals surface area contributed by atoms with Gasteiger partial charge in [0.05, 0.1) is 13.2 Å². The van der Waals surface area contributed by atoms with Crippen molar-refractivity contribution >= 4 is 21.4 Å². The van der Waals surface area contributed by atoms with Crippen molar-refractivity contribution in [1.29, 1.82) is 0 Å².